The highest BCUT2D eigenvalue weighted by Gasteiger charge is 2.31. The van der Waals surface area contributed by atoms with Crippen molar-refractivity contribution in [1.29, 1.82) is 0 Å². The number of hydrogen-bond donors (Lipinski definition) is 0. The van der Waals surface area contributed by atoms with Crippen LogP contribution in [0.1, 0.15) is 22.5 Å². The van der Waals surface area contributed by atoms with Gasteiger partial charge in [-0.3, -0.25) is 4.79 Å². The summed E-state index contributed by atoms with van der Waals surface area (Å²) in [5.41, 5.74) is 1.67. The Morgan fingerprint density at radius 3 is 2.47 bits per heavy atom. The SMILES string of the molecule is Cc1cc(C=Nn2c(-c3cccc(C(F)(F)F)c3)nc3ccccc3c2=O)c(C)n1-c1ccccn1. The normalized spacial score (nSPS) is 12.0. The number of alkyl halides is 3. The molecule has 0 saturated carbocycles. The molecule has 5 rings (SSSR count). The fourth-order valence-corrected chi connectivity index (χ4v) is 4.13. The van der Waals surface area contributed by atoms with E-state index in [0.29, 0.717) is 10.9 Å². The van der Waals surface area contributed by atoms with Gasteiger partial charge in [-0.05, 0) is 56.3 Å². The Balaban J connectivity index is 1.68. The molecule has 180 valence electrons. The van der Waals surface area contributed by atoms with E-state index >= 15 is 0 Å². The number of aryl methyl sites for hydroxylation is 1. The first kappa shape index (κ1) is 23.2. The average molecular weight is 487 g/mol. The number of fused-ring (bicyclic) bond motifs is 1. The van der Waals surface area contributed by atoms with Gasteiger partial charge in [0.1, 0.15) is 5.82 Å². The van der Waals surface area contributed by atoms with Crippen molar-refractivity contribution in [1.82, 2.24) is 19.2 Å². The molecule has 0 spiro atoms. The molecular formula is C27H20F3N5O. The maximum atomic E-state index is 13.4. The van der Waals surface area contributed by atoms with Crippen LogP contribution in [-0.2, 0) is 6.18 Å². The van der Waals surface area contributed by atoms with Gasteiger partial charge in [0.25, 0.3) is 5.56 Å². The van der Waals surface area contributed by atoms with Gasteiger partial charge in [0.05, 0.1) is 22.7 Å². The highest BCUT2D eigenvalue weighted by molar-refractivity contribution is 5.83. The zero-order chi connectivity index (χ0) is 25.4. The fraction of sp³-hybridized carbons (Fsp3) is 0.111. The summed E-state index contributed by atoms with van der Waals surface area (Å²) < 4.78 is 43.2. The lowest BCUT2D eigenvalue weighted by Crippen LogP contribution is -2.20. The molecule has 3 aromatic heterocycles. The second-order valence-corrected chi connectivity index (χ2v) is 8.24. The van der Waals surface area contributed by atoms with Gasteiger partial charge >= 0.3 is 6.18 Å². The second kappa shape index (κ2) is 8.92. The van der Waals surface area contributed by atoms with Crippen molar-refractivity contribution in [3.8, 4) is 17.2 Å². The molecular weight excluding hydrogens is 467 g/mol. The van der Waals surface area contributed by atoms with Crippen molar-refractivity contribution in [2.24, 2.45) is 5.10 Å². The van der Waals surface area contributed by atoms with E-state index in [0.717, 1.165) is 39.6 Å². The largest absolute Gasteiger partial charge is 0.416 e. The zero-order valence-corrected chi connectivity index (χ0v) is 19.4. The van der Waals surface area contributed by atoms with Gasteiger partial charge in [0, 0.05) is 28.7 Å². The van der Waals surface area contributed by atoms with E-state index in [9.17, 15) is 18.0 Å². The van der Waals surface area contributed by atoms with E-state index < -0.39 is 17.3 Å². The smallest absolute Gasteiger partial charge is 0.303 e. The Kier molecular flexibility index (Phi) is 5.75. The van der Waals surface area contributed by atoms with E-state index in [4.69, 9.17) is 0 Å². The standard InChI is InChI=1S/C27H20F3N5O/c1-17-14-20(18(2)34(17)24-12-5-6-13-31-24)16-32-35-25(19-8-7-9-21(15-19)27(28,29)30)33-23-11-4-3-10-22(23)26(35)36/h3-16H,1-2H3. The maximum Gasteiger partial charge on any atom is 0.416 e. The van der Waals surface area contributed by atoms with Crippen molar-refractivity contribution in [2.75, 3.05) is 0 Å². The molecule has 0 aliphatic heterocycles. The summed E-state index contributed by atoms with van der Waals surface area (Å²) in [7, 11) is 0. The lowest BCUT2D eigenvalue weighted by Gasteiger charge is -2.12. The molecule has 6 nitrogen and oxygen atoms in total. The molecule has 0 N–H and O–H groups in total. The number of hydrogen-bond acceptors (Lipinski definition) is 4. The Morgan fingerprint density at radius 1 is 0.944 bits per heavy atom. The van der Waals surface area contributed by atoms with Gasteiger partial charge in [0.2, 0.25) is 0 Å². The highest BCUT2D eigenvalue weighted by atomic mass is 19.4. The Hall–Kier alpha value is -4.53. The summed E-state index contributed by atoms with van der Waals surface area (Å²) in [4.78, 5) is 22.3. The lowest BCUT2D eigenvalue weighted by atomic mass is 10.1. The second-order valence-electron chi connectivity index (χ2n) is 8.24. The molecule has 2 aromatic carbocycles. The van der Waals surface area contributed by atoms with E-state index in [-0.39, 0.29) is 11.4 Å². The summed E-state index contributed by atoms with van der Waals surface area (Å²) in [5, 5.41) is 4.71. The molecule has 0 radical (unpaired) electrons. The third-order valence-electron chi connectivity index (χ3n) is 5.86. The molecule has 0 bridgehead atoms. The summed E-state index contributed by atoms with van der Waals surface area (Å²) in [6, 6.07) is 18.9. The van der Waals surface area contributed by atoms with Gasteiger partial charge in [0.15, 0.2) is 5.82 Å². The molecule has 0 aliphatic rings. The number of para-hydroxylation sites is 1. The van der Waals surface area contributed by atoms with Crippen LogP contribution >= 0.6 is 0 Å². The van der Waals surface area contributed by atoms with Crippen LogP contribution in [0.2, 0.25) is 0 Å². The van der Waals surface area contributed by atoms with Crippen LogP contribution in [0, 0.1) is 13.8 Å². The van der Waals surface area contributed by atoms with E-state index in [2.05, 4.69) is 15.1 Å². The number of nitrogens with zero attached hydrogens (tertiary/aromatic N) is 5. The van der Waals surface area contributed by atoms with Crippen molar-refractivity contribution in [3.63, 3.8) is 0 Å². The lowest BCUT2D eigenvalue weighted by molar-refractivity contribution is -0.137. The number of halogens is 3. The Morgan fingerprint density at radius 2 is 1.72 bits per heavy atom. The number of rotatable bonds is 4. The van der Waals surface area contributed by atoms with E-state index in [1.807, 2.05) is 42.7 Å². The molecule has 0 saturated heterocycles. The number of aromatic nitrogens is 4. The van der Waals surface area contributed by atoms with Crippen molar-refractivity contribution >= 4 is 17.1 Å². The predicted molar refractivity (Wildman–Crippen MR) is 132 cm³/mol. The summed E-state index contributed by atoms with van der Waals surface area (Å²) in [5.74, 6) is 0.751. The van der Waals surface area contributed by atoms with Crippen LogP contribution in [0.3, 0.4) is 0 Å². The topological polar surface area (TPSA) is 65.1 Å². The summed E-state index contributed by atoms with van der Waals surface area (Å²) in [6.45, 7) is 3.83. The maximum absolute atomic E-state index is 13.4. The van der Waals surface area contributed by atoms with Crippen LogP contribution in [0.25, 0.3) is 28.1 Å². The summed E-state index contributed by atoms with van der Waals surface area (Å²) >= 11 is 0. The average Bonchev–Trinajstić information content (AvgIpc) is 3.16. The Bertz CT molecular complexity index is 1670. The van der Waals surface area contributed by atoms with Crippen molar-refractivity contribution < 1.29 is 13.2 Å². The monoisotopic (exact) mass is 487 g/mol. The van der Waals surface area contributed by atoms with Gasteiger partial charge in [-0.1, -0.05) is 30.3 Å². The van der Waals surface area contributed by atoms with E-state index in [1.165, 1.54) is 18.3 Å². The van der Waals surface area contributed by atoms with Gasteiger partial charge < -0.3 is 4.57 Å². The minimum Gasteiger partial charge on any atom is -0.303 e. The Labute approximate surface area is 204 Å². The fourth-order valence-electron chi connectivity index (χ4n) is 4.13. The summed E-state index contributed by atoms with van der Waals surface area (Å²) in [6.07, 6.45) is -1.33. The molecule has 9 heteroatoms. The number of benzene rings is 2. The first-order valence-corrected chi connectivity index (χ1v) is 11.1. The van der Waals surface area contributed by atoms with Gasteiger partial charge in [-0.2, -0.15) is 22.9 Å². The van der Waals surface area contributed by atoms with Crippen molar-refractivity contribution in [2.45, 2.75) is 20.0 Å². The molecule has 5 aromatic rings. The van der Waals surface area contributed by atoms with Crippen LogP contribution < -0.4 is 5.56 Å². The highest BCUT2D eigenvalue weighted by Crippen LogP contribution is 2.32. The third kappa shape index (κ3) is 4.19. The van der Waals surface area contributed by atoms with Gasteiger partial charge in [-0.15, -0.1) is 0 Å². The van der Waals surface area contributed by atoms with Crippen LogP contribution in [0.15, 0.2) is 88.9 Å². The van der Waals surface area contributed by atoms with Crippen molar-refractivity contribution in [3.05, 3.63) is 112 Å². The molecule has 0 aliphatic carbocycles. The molecule has 0 atom stereocenters. The molecule has 3 heterocycles. The molecule has 0 amide bonds. The molecule has 0 fully saturated rings. The quantitative estimate of drug-likeness (QED) is 0.303. The zero-order valence-electron chi connectivity index (χ0n) is 19.4. The van der Waals surface area contributed by atoms with Gasteiger partial charge in [-0.25, -0.2) is 9.97 Å². The predicted octanol–water partition coefficient (Wildman–Crippen LogP) is 5.77. The molecule has 0 unspecified atom stereocenters. The van der Waals surface area contributed by atoms with Crippen LogP contribution in [-0.4, -0.2) is 25.4 Å². The first-order valence-electron chi connectivity index (χ1n) is 11.1. The third-order valence-corrected chi connectivity index (χ3v) is 5.86. The number of pyridine rings is 1. The van der Waals surface area contributed by atoms with Crippen LogP contribution in [0.5, 0.6) is 0 Å². The minimum atomic E-state index is -4.54. The van der Waals surface area contributed by atoms with E-state index in [1.54, 1.807) is 30.5 Å². The minimum absolute atomic E-state index is 0.0135. The molecule has 36 heavy (non-hydrogen) atoms. The van der Waals surface area contributed by atoms with Crippen LogP contribution in [0.4, 0.5) is 13.2 Å². The first-order chi connectivity index (χ1) is 17.2.